The van der Waals surface area contributed by atoms with Gasteiger partial charge in [-0.3, -0.25) is 0 Å². The lowest BCUT2D eigenvalue weighted by Crippen LogP contribution is -2.28. The van der Waals surface area contributed by atoms with Crippen molar-refractivity contribution in [2.45, 2.75) is 19.4 Å². The molecule has 0 aliphatic rings. The van der Waals surface area contributed by atoms with E-state index in [1.54, 1.807) is 6.92 Å². The van der Waals surface area contributed by atoms with Crippen LogP contribution in [0.3, 0.4) is 0 Å². The first-order valence-corrected chi connectivity index (χ1v) is 2.93. The van der Waals surface area contributed by atoms with Gasteiger partial charge in [0.25, 0.3) is 0 Å². The van der Waals surface area contributed by atoms with Crippen LogP contribution in [0.15, 0.2) is 0 Å². The van der Waals surface area contributed by atoms with Gasteiger partial charge in [0, 0.05) is 13.0 Å². The first-order valence-electron chi connectivity index (χ1n) is 2.93. The Hall–Kier alpha value is -0.700. The van der Waals surface area contributed by atoms with E-state index in [2.05, 4.69) is 5.32 Å². The summed E-state index contributed by atoms with van der Waals surface area (Å²) in [6, 6.07) is -0.134. The fourth-order valence-corrected chi connectivity index (χ4v) is 0.418. The number of rotatable bonds is 5. The van der Waals surface area contributed by atoms with Crippen molar-refractivity contribution in [2.75, 3.05) is 6.54 Å². The summed E-state index contributed by atoms with van der Waals surface area (Å²) in [5.41, 5.74) is 0. The van der Waals surface area contributed by atoms with Crippen LogP contribution in [0.4, 0.5) is 0 Å². The summed E-state index contributed by atoms with van der Waals surface area (Å²) in [6.45, 7) is 2.33. The largest absolute Gasteiger partial charge is 0.308 e. The molecule has 0 radical (unpaired) electrons. The molecule has 1 atom stereocenters. The van der Waals surface area contributed by atoms with E-state index in [0.717, 1.165) is 12.6 Å². The van der Waals surface area contributed by atoms with Crippen LogP contribution in [-0.4, -0.2) is 25.2 Å². The predicted molar refractivity (Wildman–Crippen MR) is 34.2 cm³/mol. The van der Waals surface area contributed by atoms with Crippen LogP contribution in [0.1, 0.15) is 13.3 Å². The second-order valence-corrected chi connectivity index (χ2v) is 1.83. The number of aldehydes is 2. The smallest absolute Gasteiger partial charge is 0.136 e. The number of hydrogen-bond donors (Lipinski definition) is 1. The van der Waals surface area contributed by atoms with Gasteiger partial charge in [0.2, 0.25) is 0 Å². The summed E-state index contributed by atoms with van der Waals surface area (Å²) in [7, 11) is 0. The molecular weight excluding hydrogens is 118 g/mol. The minimum atomic E-state index is -0.134. The lowest BCUT2D eigenvalue weighted by Gasteiger charge is -2.02. The molecule has 1 N–H and O–H groups in total. The monoisotopic (exact) mass is 129 g/mol. The number of carbonyl (C=O) groups is 2. The molecule has 0 saturated carbocycles. The maximum atomic E-state index is 9.95. The van der Waals surface area contributed by atoms with E-state index in [9.17, 15) is 9.59 Å². The van der Waals surface area contributed by atoms with Crippen molar-refractivity contribution in [1.82, 2.24) is 5.32 Å². The molecule has 0 rings (SSSR count). The second kappa shape index (κ2) is 5.44. The van der Waals surface area contributed by atoms with Crippen LogP contribution < -0.4 is 5.32 Å². The highest BCUT2D eigenvalue weighted by Crippen LogP contribution is 1.73. The van der Waals surface area contributed by atoms with Gasteiger partial charge in [0.05, 0.1) is 6.04 Å². The van der Waals surface area contributed by atoms with E-state index < -0.39 is 0 Å². The number of hydrogen-bond acceptors (Lipinski definition) is 3. The summed E-state index contributed by atoms with van der Waals surface area (Å²) < 4.78 is 0. The van der Waals surface area contributed by atoms with Crippen LogP contribution >= 0.6 is 0 Å². The molecule has 0 aliphatic carbocycles. The molecule has 52 valence electrons. The van der Waals surface area contributed by atoms with Gasteiger partial charge in [-0.15, -0.1) is 0 Å². The Balaban J connectivity index is 3.05. The predicted octanol–water partition coefficient (Wildman–Crippen LogP) is -0.248. The lowest BCUT2D eigenvalue weighted by atomic mass is 10.3. The van der Waals surface area contributed by atoms with Gasteiger partial charge < -0.3 is 14.9 Å². The maximum Gasteiger partial charge on any atom is 0.136 e. The SMILES string of the molecule is CC(C=O)NCCC=O. The molecule has 3 heteroatoms. The molecule has 0 saturated heterocycles. The molecule has 0 aromatic heterocycles. The van der Waals surface area contributed by atoms with E-state index in [1.165, 1.54) is 0 Å². The number of carbonyl (C=O) groups excluding carboxylic acids is 2. The zero-order chi connectivity index (χ0) is 7.11. The van der Waals surface area contributed by atoms with Crippen LogP contribution in [0.25, 0.3) is 0 Å². The third kappa shape index (κ3) is 5.17. The molecule has 3 nitrogen and oxygen atoms in total. The van der Waals surface area contributed by atoms with Crippen molar-refractivity contribution in [1.29, 1.82) is 0 Å². The van der Waals surface area contributed by atoms with Crippen molar-refractivity contribution in [2.24, 2.45) is 0 Å². The molecule has 0 aromatic carbocycles. The molecule has 0 bridgehead atoms. The van der Waals surface area contributed by atoms with Gasteiger partial charge in [-0.25, -0.2) is 0 Å². The topological polar surface area (TPSA) is 46.2 Å². The minimum Gasteiger partial charge on any atom is -0.308 e. The zero-order valence-electron chi connectivity index (χ0n) is 5.46. The quantitative estimate of drug-likeness (QED) is 0.411. The van der Waals surface area contributed by atoms with Gasteiger partial charge in [-0.2, -0.15) is 0 Å². The van der Waals surface area contributed by atoms with Crippen LogP contribution in [0, 0.1) is 0 Å². The van der Waals surface area contributed by atoms with Crippen molar-refractivity contribution in [3.05, 3.63) is 0 Å². The molecule has 0 aliphatic heterocycles. The zero-order valence-corrected chi connectivity index (χ0v) is 5.46. The van der Waals surface area contributed by atoms with E-state index in [4.69, 9.17) is 0 Å². The Kier molecular flexibility index (Phi) is 5.01. The molecule has 1 unspecified atom stereocenters. The Labute approximate surface area is 54.4 Å². The fraction of sp³-hybridized carbons (Fsp3) is 0.667. The Morgan fingerprint density at radius 3 is 2.67 bits per heavy atom. The summed E-state index contributed by atoms with van der Waals surface area (Å²) in [5, 5.41) is 2.83. The van der Waals surface area contributed by atoms with E-state index >= 15 is 0 Å². The first kappa shape index (κ1) is 8.30. The fourth-order valence-electron chi connectivity index (χ4n) is 0.418. The Morgan fingerprint density at radius 1 is 1.56 bits per heavy atom. The van der Waals surface area contributed by atoms with E-state index in [1.807, 2.05) is 0 Å². The van der Waals surface area contributed by atoms with Gasteiger partial charge in [0.15, 0.2) is 0 Å². The third-order valence-electron chi connectivity index (χ3n) is 0.933. The van der Waals surface area contributed by atoms with Gasteiger partial charge in [0.1, 0.15) is 12.6 Å². The molecule has 0 spiro atoms. The molecule has 0 aromatic rings. The van der Waals surface area contributed by atoms with E-state index in [-0.39, 0.29) is 6.04 Å². The van der Waals surface area contributed by atoms with Gasteiger partial charge in [-0.05, 0) is 6.92 Å². The van der Waals surface area contributed by atoms with Crippen LogP contribution in [0.2, 0.25) is 0 Å². The molecule has 0 heterocycles. The Bertz CT molecular complexity index is 93.1. The summed E-state index contributed by atoms with van der Waals surface area (Å²) in [4.78, 5) is 19.7. The highest BCUT2D eigenvalue weighted by molar-refractivity contribution is 5.56. The lowest BCUT2D eigenvalue weighted by molar-refractivity contribution is -0.110. The summed E-state index contributed by atoms with van der Waals surface area (Å²) in [5.74, 6) is 0. The second-order valence-electron chi connectivity index (χ2n) is 1.83. The first-order chi connectivity index (χ1) is 4.31. The van der Waals surface area contributed by atoms with E-state index in [0.29, 0.717) is 13.0 Å². The molecule has 9 heavy (non-hydrogen) atoms. The van der Waals surface area contributed by atoms with Crippen LogP contribution in [0.5, 0.6) is 0 Å². The van der Waals surface area contributed by atoms with Crippen molar-refractivity contribution < 1.29 is 9.59 Å². The summed E-state index contributed by atoms with van der Waals surface area (Å²) in [6.07, 6.45) is 2.10. The van der Waals surface area contributed by atoms with Crippen molar-refractivity contribution in [3.63, 3.8) is 0 Å². The Morgan fingerprint density at radius 2 is 2.22 bits per heavy atom. The maximum absolute atomic E-state index is 9.95. The highest BCUT2D eigenvalue weighted by Gasteiger charge is 1.94. The average Bonchev–Trinajstić information content (AvgIpc) is 1.89. The van der Waals surface area contributed by atoms with Crippen molar-refractivity contribution >= 4 is 12.6 Å². The third-order valence-corrected chi connectivity index (χ3v) is 0.933. The molecular formula is C6H11NO2. The van der Waals surface area contributed by atoms with Crippen LogP contribution in [-0.2, 0) is 9.59 Å². The molecule has 0 amide bonds. The van der Waals surface area contributed by atoms with Gasteiger partial charge in [-0.1, -0.05) is 0 Å². The number of nitrogens with one attached hydrogen (secondary N) is 1. The van der Waals surface area contributed by atoms with Crippen molar-refractivity contribution in [3.8, 4) is 0 Å². The summed E-state index contributed by atoms with van der Waals surface area (Å²) >= 11 is 0. The normalized spacial score (nSPS) is 12.6. The highest BCUT2D eigenvalue weighted by atomic mass is 16.1. The molecule has 0 fully saturated rings. The standard InChI is InChI=1S/C6H11NO2/c1-6(5-9)7-3-2-4-8/h4-7H,2-3H2,1H3. The average molecular weight is 129 g/mol. The minimum absolute atomic E-state index is 0.134. The van der Waals surface area contributed by atoms with Gasteiger partial charge >= 0.3 is 0 Å².